The van der Waals surface area contributed by atoms with Gasteiger partial charge in [-0.15, -0.1) is 0 Å². The van der Waals surface area contributed by atoms with Crippen molar-refractivity contribution in [3.8, 4) is 5.75 Å². The van der Waals surface area contributed by atoms with Crippen molar-refractivity contribution in [3.63, 3.8) is 0 Å². The molecular formula is C27H35BO5. The first-order valence-electron chi connectivity index (χ1n) is 12.1. The van der Waals surface area contributed by atoms with E-state index in [9.17, 15) is 0 Å². The highest BCUT2D eigenvalue weighted by Gasteiger charge is 2.68. The minimum atomic E-state index is -0.427. The van der Waals surface area contributed by atoms with Gasteiger partial charge in [0.15, 0.2) is 0 Å². The molecule has 1 heterocycles. The van der Waals surface area contributed by atoms with Gasteiger partial charge < -0.3 is 23.5 Å². The molecule has 0 aromatic heterocycles. The summed E-state index contributed by atoms with van der Waals surface area (Å²) in [5, 5.41) is 0. The monoisotopic (exact) mass is 450 g/mol. The van der Waals surface area contributed by atoms with Crippen LogP contribution in [0.5, 0.6) is 5.75 Å². The Morgan fingerprint density at radius 3 is 2.39 bits per heavy atom. The van der Waals surface area contributed by atoms with Crippen LogP contribution in [0.15, 0.2) is 54.6 Å². The minimum Gasteiger partial charge on any atom is -0.497 e. The normalized spacial score (nSPS) is 30.4. The van der Waals surface area contributed by atoms with Crippen molar-refractivity contribution in [1.82, 2.24) is 0 Å². The predicted octanol–water partition coefficient (Wildman–Crippen LogP) is 5.06. The zero-order valence-corrected chi connectivity index (χ0v) is 20.2. The maximum Gasteiger partial charge on any atom is 0.491 e. The standard InChI is InChI=1S/C27H35BO5/c1-26(2)21-14-23(26)27(3)24(15-21)32-28(33-27)25(18-30-16-19-8-6-5-7-9-19)31-17-20-10-12-22(29-4)13-11-20/h5-13,21,23-25H,14-18H2,1-4H3/t21-,23-,24+,25+,27-/m0/s1. The van der Waals surface area contributed by atoms with E-state index in [-0.39, 0.29) is 17.7 Å². The van der Waals surface area contributed by atoms with Gasteiger partial charge in [-0.25, -0.2) is 0 Å². The lowest BCUT2D eigenvalue weighted by atomic mass is 9.43. The third kappa shape index (κ3) is 4.34. The number of rotatable bonds is 9. The lowest BCUT2D eigenvalue weighted by Gasteiger charge is -2.64. The summed E-state index contributed by atoms with van der Waals surface area (Å²) in [5.41, 5.74) is 2.27. The van der Waals surface area contributed by atoms with Gasteiger partial charge in [0.1, 0.15) is 11.8 Å². The van der Waals surface area contributed by atoms with Gasteiger partial charge in [-0.2, -0.15) is 0 Å². The molecule has 4 aliphatic rings. The van der Waals surface area contributed by atoms with Crippen LogP contribution in [0.25, 0.3) is 0 Å². The molecule has 2 aromatic carbocycles. The van der Waals surface area contributed by atoms with E-state index in [1.54, 1.807) is 7.11 Å². The summed E-state index contributed by atoms with van der Waals surface area (Å²) >= 11 is 0. The Kier molecular flexibility index (Phi) is 6.29. The number of ether oxygens (including phenoxy) is 3. The number of hydrogen-bond acceptors (Lipinski definition) is 5. The lowest BCUT2D eigenvalue weighted by Crippen LogP contribution is -2.65. The van der Waals surface area contributed by atoms with Crippen molar-refractivity contribution in [2.45, 2.75) is 64.5 Å². The first-order valence-corrected chi connectivity index (χ1v) is 12.1. The number of methoxy groups -OCH3 is 1. The third-order valence-electron chi connectivity index (χ3n) is 8.29. The SMILES string of the molecule is COc1ccc(CO[C@H](COCc2ccccc2)B2O[C@@H]3C[C@@H]4C[C@@H](C4(C)C)[C@]3(C)O2)cc1. The molecule has 0 spiro atoms. The average molecular weight is 450 g/mol. The molecule has 33 heavy (non-hydrogen) atoms. The summed E-state index contributed by atoms with van der Waals surface area (Å²) in [5.74, 6) is 2.07. The molecule has 0 radical (unpaired) electrons. The van der Waals surface area contributed by atoms with Crippen LogP contribution in [0.4, 0.5) is 0 Å². The second-order valence-electron chi connectivity index (χ2n) is 10.5. The van der Waals surface area contributed by atoms with Gasteiger partial charge in [-0.1, -0.05) is 56.3 Å². The highest BCUT2D eigenvalue weighted by Crippen LogP contribution is 2.65. The molecule has 3 saturated carbocycles. The van der Waals surface area contributed by atoms with Crippen molar-refractivity contribution >= 4 is 7.12 Å². The highest BCUT2D eigenvalue weighted by atomic mass is 16.7. The molecule has 2 aromatic rings. The molecule has 0 N–H and O–H groups in total. The van der Waals surface area contributed by atoms with Gasteiger partial charge in [0.05, 0.1) is 38.6 Å². The molecule has 3 aliphatic carbocycles. The fourth-order valence-corrected chi connectivity index (χ4v) is 6.06. The first kappa shape index (κ1) is 22.9. The lowest BCUT2D eigenvalue weighted by molar-refractivity contribution is -0.199. The van der Waals surface area contributed by atoms with Crippen molar-refractivity contribution in [3.05, 3.63) is 65.7 Å². The van der Waals surface area contributed by atoms with Crippen molar-refractivity contribution in [2.75, 3.05) is 13.7 Å². The van der Waals surface area contributed by atoms with Crippen LogP contribution >= 0.6 is 0 Å². The Hall–Kier alpha value is -1.86. The number of benzene rings is 2. The van der Waals surface area contributed by atoms with Crippen molar-refractivity contribution < 1.29 is 23.5 Å². The van der Waals surface area contributed by atoms with Gasteiger partial charge in [0.25, 0.3) is 0 Å². The van der Waals surface area contributed by atoms with E-state index in [4.69, 9.17) is 23.5 Å². The molecule has 5 atom stereocenters. The Morgan fingerprint density at radius 1 is 0.970 bits per heavy atom. The average Bonchev–Trinajstić information content (AvgIpc) is 3.19. The van der Waals surface area contributed by atoms with Gasteiger partial charge in [-0.3, -0.25) is 0 Å². The third-order valence-corrected chi connectivity index (χ3v) is 8.29. The Balaban J connectivity index is 1.26. The zero-order chi connectivity index (χ0) is 23.1. The molecule has 176 valence electrons. The van der Waals surface area contributed by atoms with Crippen LogP contribution in [0, 0.1) is 17.3 Å². The second kappa shape index (κ2) is 9.07. The molecule has 0 amide bonds. The smallest absolute Gasteiger partial charge is 0.491 e. The summed E-state index contributed by atoms with van der Waals surface area (Å²) in [6, 6.07) is 17.8. The van der Waals surface area contributed by atoms with Gasteiger partial charge in [-0.05, 0) is 60.3 Å². The Labute approximate surface area is 197 Å². The van der Waals surface area contributed by atoms with Crippen LogP contribution in [0.2, 0.25) is 0 Å². The summed E-state index contributed by atoms with van der Waals surface area (Å²) < 4.78 is 30.9. The molecule has 2 bridgehead atoms. The molecule has 6 heteroatoms. The van der Waals surface area contributed by atoms with E-state index < -0.39 is 7.12 Å². The first-order chi connectivity index (χ1) is 15.9. The van der Waals surface area contributed by atoms with Crippen LogP contribution < -0.4 is 4.74 Å². The van der Waals surface area contributed by atoms with E-state index >= 15 is 0 Å². The maximum atomic E-state index is 6.68. The maximum absolute atomic E-state index is 6.68. The van der Waals surface area contributed by atoms with Crippen molar-refractivity contribution in [2.24, 2.45) is 17.3 Å². The van der Waals surface area contributed by atoms with E-state index in [0.29, 0.717) is 31.2 Å². The van der Waals surface area contributed by atoms with Gasteiger partial charge in [0.2, 0.25) is 0 Å². The molecule has 6 rings (SSSR count). The van der Waals surface area contributed by atoms with Crippen LogP contribution in [-0.4, -0.2) is 38.5 Å². The molecule has 0 unspecified atom stereocenters. The Bertz CT molecular complexity index is 933. The molecular weight excluding hydrogens is 415 g/mol. The van der Waals surface area contributed by atoms with E-state index in [2.05, 4.69) is 32.9 Å². The second-order valence-corrected chi connectivity index (χ2v) is 10.5. The number of hydrogen-bond donors (Lipinski definition) is 0. The van der Waals surface area contributed by atoms with E-state index in [1.807, 2.05) is 42.5 Å². The fourth-order valence-electron chi connectivity index (χ4n) is 6.06. The van der Waals surface area contributed by atoms with Gasteiger partial charge >= 0.3 is 7.12 Å². The molecule has 5 nitrogen and oxygen atoms in total. The summed E-state index contributed by atoms with van der Waals surface area (Å²) in [6.45, 7) is 8.41. The topological polar surface area (TPSA) is 46.2 Å². The van der Waals surface area contributed by atoms with E-state index in [1.165, 1.54) is 6.42 Å². The summed E-state index contributed by atoms with van der Waals surface area (Å²) in [6.07, 6.45) is 2.42. The predicted molar refractivity (Wildman–Crippen MR) is 128 cm³/mol. The Morgan fingerprint density at radius 2 is 1.70 bits per heavy atom. The fraction of sp³-hybridized carbons (Fsp3) is 0.556. The van der Waals surface area contributed by atoms with Crippen molar-refractivity contribution in [1.29, 1.82) is 0 Å². The van der Waals surface area contributed by atoms with Crippen LogP contribution in [-0.2, 0) is 32.0 Å². The summed E-state index contributed by atoms with van der Waals surface area (Å²) in [7, 11) is 1.25. The van der Waals surface area contributed by atoms with Crippen LogP contribution in [0.1, 0.15) is 44.7 Å². The molecule has 1 aliphatic heterocycles. The zero-order valence-electron chi connectivity index (χ0n) is 20.2. The highest BCUT2D eigenvalue weighted by molar-refractivity contribution is 6.47. The molecule has 4 fully saturated rings. The summed E-state index contributed by atoms with van der Waals surface area (Å²) in [4.78, 5) is 0. The largest absolute Gasteiger partial charge is 0.497 e. The quantitative estimate of drug-likeness (QED) is 0.500. The van der Waals surface area contributed by atoms with Crippen LogP contribution in [0.3, 0.4) is 0 Å². The van der Waals surface area contributed by atoms with E-state index in [0.717, 1.165) is 29.2 Å². The molecule has 1 saturated heterocycles. The minimum absolute atomic E-state index is 0.125. The van der Waals surface area contributed by atoms with Gasteiger partial charge in [0, 0.05) is 0 Å².